The van der Waals surface area contributed by atoms with Crippen molar-refractivity contribution in [2.75, 3.05) is 33.4 Å². The molecule has 0 unspecified atom stereocenters. The van der Waals surface area contributed by atoms with E-state index >= 15 is 0 Å². The first-order valence-corrected chi connectivity index (χ1v) is 16.8. The molecule has 14 heteroatoms. The average Bonchev–Trinajstić information content (AvgIpc) is 3.72. The van der Waals surface area contributed by atoms with Crippen LogP contribution in [-0.2, 0) is 24.1 Å². The summed E-state index contributed by atoms with van der Waals surface area (Å²) in [6.45, 7) is 3.30. The van der Waals surface area contributed by atoms with E-state index in [0.717, 1.165) is 46.6 Å². The number of alkyl halides is 3. The topological polar surface area (TPSA) is 87.4 Å². The van der Waals surface area contributed by atoms with E-state index in [0.29, 0.717) is 53.1 Å². The Morgan fingerprint density at radius 2 is 1.69 bits per heavy atom. The van der Waals surface area contributed by atoms with E-state index in [1.54, 1.807) is 42.0 Å². The van der Waals surface area contributed by atoms with Crippen LogP contribution in [0, 0.1) is 0 Å². The van der Waals surface area contributed by atoms with Gasteiger partial charge in [0.15, 0.2) is 5.82 Å². The Morgan fingerprint density at radius 1 is 0.917 bits per heavy atom. The van der Waals surface area contributed by atoms with E-state index in [2.05, 4.69) is 20.5 Å². The van der Waals surface area contributed by atoms with Crippen molar-refractivity contribution in [2.24, 2.45) is 0 Å². The minimum atomic E-state index is -4.54. The first kappa shape index (κ1) is 32.1. The van der Waals surface area contributed by atoms with Crippen molar-refractivity contribution >= 4 is 33.3 Å². The second-order valence-electron chi connectivity index (χ2n) is 10.9. The van der Waals surface area contributed by atoms with E-state index in [-0.39, 0.29) is 12.3 Å². The summed E-state index contributed by atoms with van der Waals surface area (Å²) in [6, 6.07) is 22.0. The molecule has 4 heterocycles. The zero-order chi connectivity index (χ0) is 33.1. The van der Waals surface area contributed by atoms with Gasteiger partial charge >= 0.3 is 6.18 Å². The molecule has 0 spiro atoms. The van der Waals surface area contributed by atoms with Gasteiger partial charge in [0, 0.05) is 24.0 Å². The Hall–Kier alpha value is -4.50. The second kappa shape index (κ2) is 13.9. The third-order valence-corrected chi connectivity index (χ3v) is 9.56. The smallest absolute Gasteiger partial charge is 0.416 e. The molecule has 0 saturated carbocycles. The van der Waals surface area contributed by atoms with Crippen molar-refractivity contribution in [2.45, 2.75) is 29.5 Å². The minimum absolute atomic E-state index is 0.0503. The second-order valence-corrected chi connectivity index (χ2v) is 12.7. The molecule has 0 amide bonds. The molecule has 9 nitrogen and oxygen atoms in total. The van der Waals surface area contributed by atoms with Crippen LogP contribution in [-0.4, -0.2) is 63.0 Å². The number of fused-ring (bicyclic) bond motifs is 1. The maximum atomic E-state index is 13.9. The largest absolute Gasteiger partial charge is 0.497 e. The molecular weight excluding hydrogens is 662 g/mol. The zero-order valence-corrected chi connectivity index (χ0v) is 27.3. The van der Waals surface area contributed by atoms with E-state index in [1.807, 2.05) is 30.3 Å². The lowest BCUT2D eigenvalue weighted by molar-refractivity contribution is -0.137. The van der Waals surface area contributed by atoms with Crippen molar-refractivity contribution < 1.29 is 27.4 Å². The Kier molecular flexibility index (Phi) is 9.30. The number of benzene rings is 3. The molecule has 0 bridgehead atoms. The van der Waals surface area contributed by atoms with Crippen molar-refractivity contribution in [1.29, 1.82) is 0 Å². The van der Waals surface area contributed by atoms with Gasteiger partial charge in [-0.05, 0) is 59.8 Å². The molecule has 6 aromatic rings. The number of morpholine rings is 1. The van der Waals surface area contributed by atoms with Gasteiger partial charge in [-0.3, -0.25) is 9.47 Å². The summed E-state index contributed by atoms with van der Waals surface area (Å²) in [7, 11) is 1.57. The summed E-state index contributed by atoms with van der Waals surface area (Å²) in [5, 5.41) is 12.7. The van der Waals surface area contributed by atoms with Crippen LogP contribution in [0.2, 0.25) is 0 Å². The number of hydrogen-bond acceptors (Lipinski definition) is 10. The molecule has 0 radical (unpaired) electrons. The SMILES string of the molecule is COc1ccc(OCc2nnc(Sc3nc(CN4CCOCC4)nc4scc(-c5ccccc5)c34)n2-c2cccc(C(F)(F)F)c2)cc1. The van der Waals surface area contributed by atoms with Gasteiger partial charge in [0.1, 0.15) is 33.8 Å². The maximum absolute atomic E-state index is 13.9. The molecule has 1 saturated heterocycles. The molecule has 7 rings (SSSR count). The lowest BCUT2D eigenvalue weighted by atomic mass is 10.1. The van der Waals surface area contributed by atoms with Gasteiger partial charge in [0.2, 0.25) is 5.16 Å². The van der Waals surface area contributed by atoms with Gasteiger partial charge in [-0.15, -0.1) is 21.5 Å². The lowest BCUT2D eigenvalue weighted by Gasteiger charge is -2.25. The number of thiophene rings is 1. The van der Waals surface area contributed by atoms with E-state index < -0.39 is 11.7 Å². The van der Waals surface area contributed by atoms with E-state index in [9.17, 15) is 13.2 Å². The Morgan fingerprint density at radius 3 is 2.44 bits per heavy atom. The minimum Gasteiger partial charge on any atom is -0.497 e. The molecule has 0 atom stereocenters. The highest BCUT2D eigenvalue weighted by Gasteiger charge is 2.31. The normalized spacial score (nSPS) is 14.0. The van der Waals surface area contributed by atoms with E-state index in [4.69, 9.17) is 24.2 Å². The van der Waals surface area contributed by atoms with Gasteiger partial charge in [0.05, 0.1) is 43.5 Å². The predicted molar refractivity (Wildman–Crippen MR) is 177 cm³/mol. The highest BCUT2D eigenvalue weighted by Crippen LogP contribution is 2.41. The molecule has 1 fully saturated rings. The predicted octanol–water partition coefficient (Wildman–Crippen LogP) is 7.53. The number of halogens is 3. The highest BCUT2D eigenvalue weighted by molar-refractivity contribution is 7.99. The van der Waals surface area contributed by atoms with Crippen LogP contribution < -0.4 is 9.47 Å². The number of nitrogens with zero attached hydrogens (tertiary/aromatic N) is 6. The third-order valence-electron chi connectivity index (χ3n) is 7.75. The van der Waals surface area contributed by atoms with Gasteiger partial charge < -0.3 is 14.2 Å². The van der Waals surface area contributed by atoms with Crippen LogP contribution in [0.5, 0.6) is 11.5 Å². The molecule has 0 N–H and O–H groups in total. The van der Waals surface area contributed by atoms with Gasteiger partial charge in [-0.2, -0.15) is 13.2 Å². The number of rotatable bonds is 10. The monoisotopic (exact) mass is 690 g/mol. The van der Waals surface area contributed by atoms with Gasteiger partial charge in [-0.1, -0.05) is 36.4 Å². The van der Waals surface area contributed by atoms with Crippen LogP contribution in [0.1, 0.15) is 17.2 Å². The van der Waals surface area contributed by atoms with Crippen LogP contribution in [0.25, 0.3) is 27.0 Å². The molecule has 48 heavy (non-hydrogen) atoms. The third kappa shape index (κ3) is 7.02. The molecular formula is C34H29F3N6O3S2. The molecule has 1 aliphatic rings. The fraction of sp³-hybridized carbons (Fsp3) is 0.235. The molecule has 1 aliphatic heterocycles. The molecule has 0 aliphatic carbocycles. The van der Waals surface area contributed by atoms with Crippen molar-refractivity contribution in [1.82, 2.24) is 29.6 Å². The molecule has 3 aromatic carbocycles. The summed E-state index contributed by atoms with van der Waals surface area (Å²) in [5.74, 6) is 2.17. The summed E-state index contributed by atoms with van der Waals surface area (Å²) in [5.41, 5.74) is 1.43. The van der Waals surface area contributed by atoms with Crippen LogP contribution in [0.15, 0.2) is 94.4 Å². The first-order chi connectivity index (χ1) is 23.4. The number of ether oxygens (including phenoxy) is 3. The zero-order valence-electron chi connectivity index (χ0n) is 25.7. The number of aromatic nitrogens is 5. The number of hydrogen-bond donors (Lipinski definition) is 0. The fourth-order valence-corrected chi connectivity index (χ4v) is 7.38. The first-order valence-electron chi connectivity index (χ1n) is 15.1. The van der Waals surface area contributed by atoms with Crippen LogP contribution >= 0.6 is 23.1 Å². The summed E-state index contributed by atoms with van der Waals surface area (Å²) in [4.78, 5) is 13.0. The van der Waals surface area contributed by atoms with E-state index in [1.165, 1.54) is 29.2 Å². The standard InChI is InChI=1S/C34H29F3N6O3S2/c1-44-25-10-12-26(13-11-25)46-20-29-40-41-33(43(29)24-9-5-8-23(18-24)34(35,36)37)48-32-30-27(22-6-3-2-4-7-22)21-47-31(30)38-28(39-32)19-42-14-16-45-17-15-42/h2-13,18,21H,14-17,19-20H2,1H3. The number of methoxy groups -OCH3 is 1. The van der Waals surface area contributed by atoms with Gasteiger partial charge in [-0.25, -0.2) is 9.97 Å². The average molecular weight is 691 g/mol. The maximum Gasteiger partial charge on any atom is 0.416 e. The van der Waals surface area contributed by atoms with Crippen LogP contribution in [0.4, 0.5) is 13.2 Å². The highest BCUT2D eigenvalue weighted by atomic mass is 32.2. The van der Waals surface area contributed by atoms with Crippen molar-refractivity contribution in [3.8, 4) is 28.3 Å². The van der Waals surface area contributed by atoms with Crippen molar-refractivity contribution in [3.63, 3.8) is 0 Å². The van der Waals surface area contributed by atoms with Gasteiger partial charge in [0.25, 0.3) is 0 Å². The summed E-state index contributed by atoms with van der Waals surface area (Å²) >= 11 is 2.76. The fourth-order valence-electron chi connectivity index (χ4n) is 5.33. The van der Waals surface area contributed by atoms with Crippen LogP contribution in [0.3, 0.4) is 0 Å². The molecule has 3 aromatic heterocycles. The Labute approximate surface area is 282 Å². The van der Waals surface area contributed by atoms with Crippen molar-refractivity contribution in [3.05, 3.63) is 101 Å². The Balaban J connectivity index is 1.31. The lowest BCUT2D eigenvalue weighted by Crippen LogP contribution is -2.36. The quantitative estimate of drug-likeness (QED) is 0.135. The summed E-state index contributed by atoms with van der Waals surface area (Å²) < 4.78 is 59.9. The summed E-state index contributed by atoms with van der Waals surface area (Å²) in [6.07, 6.45) is -4.54. The Bertz CT molecular complexity index is 2010. The molecule has 246 valence electrons.